The van der Waals surface area contributed by atoms with Crippen LogP contribution in [0, 0.1) is 12.8 Å². The number of aromatic amines is 1. The van der Waals surface area contributed by atoms with Crippen LogP contribution in [-0.2, 0) is 14.3 Å². The normalized spacial score (nSPS) is 17.7. The van der Waals surface area contributed by atoms with Crippen LogP contribution < -0.4 is 0 Å². The van der Waals surface area contributed by atoms with E-state index in [4.69, 9.17) is 4.74 Å². The monoisotopic (exact) mass is 361 g/mol. The molecule has 1 aromatic heterocycles. The summed E-state index contributed by atoms with van der Waals surface area (Å²) in [6, 6.07) is 6.04. The molecule has 0 saturated carbocycles. The molecular weight excluding hydrogens is 338 g/mol. The van der Waals surface area contributed by atoms with E-state index >= 15 is 0 Å². The van der Waals surface area contributed by atoms with Crippen LogP contribution in [-0.4, -0.2) is 52.2 Å². The molecule has 7 heteroatoms. The molecule has 134 valence electrons. The van der Waals surface area contributed by atoms with Gasteiger partial charge in [-0.2, -0.15) is 0 Å². The molecule has 1 aromatic carbocycles. The minimum atomic E-state index is -0.197. The Bertz CT molecular complexity index is 774. The van der Waals surface area contributed by atoms with E-state index in [0.29, 0.717) is 25.4 Å². The molecular formula is C18H23N3O3S. The average molecular weight is 361 g/mol. The quantitative estimate of drug-likeness (QED) is 0.655. The number of piperidine rings is 1. The lowest BCUT2D eigenvalue weighted by Crippen LogP contribution is -2.43. The van der Waals surface area contributed by atoms with Crippen molar-refractivity contribution in [2.24, 2.45) is 5.92 Å². The molecule has 0 aliphatic carbocycles. The Morgan fingerprint density at radius 2 is 2.28 bits per heavy atom. The Morgan fingerprint density at radius 3 is 3.08 bits per heavy atom. The van der Waals surface area contributed by atoms with Crippen LogP contribution >= 0.6 is 11.8 Å². The van der Waals surface area contributed by atoms with Crippen molar-refractivity contribution in [1.29, 1.82) is 0 Å². The Kier molecular flexibility index (Phi) is 5.63. The Morgan fingerprint density at radius 1 is 1.44 bits per heavy atom. The van der Waals surface area contributed by atoms with Crippen LogP contribution in [0.5, 0.6) is 0 Å². The van der Waals surface area contributed by atoms with Gasteiger partial charge in [0.05, 0.1) is 29.3 Å². The van der Waals surface area contributed by atoms with Gasteiger partial charge in [-0.1, -0.05) is 17.8 Å². The fraction of sp³-hybridized carbons (Fsp3) is 0.500. The van der Waals surface area contributed by atoms with Gasteiger partial charge in [0.1, 0.15) is 0 Å². The highest BCUT2D eigenvalue weighted by atomic mass is 32.2. The standard InChI is InChI=1S/C18H23N3O3S/c1-3-24-17(23)13-5-4-8-21(10-13)16(22)11-25-18-19-14-7-6-12(2)9-15(14)20-18/h6-7,9,13H,3-5,8,10-11H2,1-2H3,(H,19,20)/t13-/m0/s1. The molecule has 1 aliphatic rings. The molecule has 2 heterocycles. The maximum absolute atomic E-state index is 12.5. The van der Waals surface area contributed by atoms with E-state index in [1.54, 1.807) is 11.8 Å². The maximum atomic E-state index is 12.5. The van der Waals surface area contributed by atoms with E-state index < -0.39 is 0 Å². The van der Waals surface area contributed by atoms with Gasteiger partial charge >= 0.3 is 5.97 Å². The van der Waals surface area contributed by atoms with E-state index in [-0.39, 0.29) is 17.8 Å². The molecule has 0 spiro atoms. The molecule has 0 unspecified atom stereocenters. The lowest BCUT2D eigenvalue weighted by molar-refractivity contribution is -0.151. The van der Waals surface area contributed by atoms with Crippen LogP contribution in [0.25, 0.3) is 11.0 Å². The SMILES string of the molecule is CCOC(=O)[C@H]1CCCN(C(=O)CSc2nc3ccc(C)cc3[nH]2)C1. The van der Waals surface area contributed by atoms with Crippen molar-refractivity contribution in [3.8, 4) is 0 Å². The van der Waals surface area contributed by atoms with Crippen LogP contribution in [0.3, 0.4) is 0 Å². The summed E-state index contributed by atoms with van der Waals surface area (Å²) in [6.45, 7) is 5.37. The first kappa shape index (κ1) is 17.8. The predicted octanol–water partition coefficient (Wildman–Crippen LogP) is 2.77. The number of hydrogen-bond acceptors (Lipinski definition) is 5. The Hall–Kier alpha value is -2.02. The van der Waals surface area contributed by atoms with E-state index in [1.807, 2.05) is 25.1 Å². The number of benzene rings is 1. The number of nitrogens with zero attached hydrogens (tertiary/aromatic N) is 2. The third-order valence-electron chi connectivity index (χ3n) is 4.34. The van der Waals surface area contributed by atoms with Gasteiger partial charge in [0.2, 0.25) is 5.91 Å². The number of aryl methyl sites for hydroxylation is 1. The van der Waals surface area contributed by atoms with Gasteiger partial charge in [-0.15, -0.1) is 0 Å². The Balaban J connectivity index is 1.56. The minimum Gasteiger partial charge on any atom is -0.466 e. The highest BCUT2D eigenvalue weighted by molar-refractivity contribution is 7.99. The van der Waals surface area contributed by atoms with E-state index in [2.05, 4.69) is 9.97 Å². The highest BCUT2D eigenvalue weighted by Gasteiger charge is 2.29. The molecule has 1 saturated heterocycles. The van der Waals surface area contributed by atoms with Crippen molar-refractivity contribution in [2.75, 3.05) is 25.4 Å². The zero-order valence-corrected chi connectivity index (χ0v) is 15.4. The number of hydrogen-bond donors (Lipinski definition) is 1. The van der Waals surface area contributed by atoms with Crippen molar-refractivity contribution in [2.45, 2.75) is 31.8 Å². The zero-order valence-electron chi connectivity index (χ0n) is 14.6. The predicted molar refractivity (Wildman–Crippen MR) is 97.5 cm³/mol. The highest BCUT2D eigenvalue weighted by Crippen LogP contribution is 2.23. The summed E-state index contributed by atoms with van der Waals surface area (Å²) in [5.74, 6) is -0.0401. The number of ether oxygens (including phenoxy) is 1. The smallest absolute Gasteiger partial charge is 0.310 e. The van der Waals surface area contributed by atoms with Gasteiger partial charge in [0, 0.05) is 13.1 Å². The third-order valence-corrected chi connectivity index (χ3v) is 5.20. The number of nitrogens with one attached hydrogen (secondary N) is 1. The fourth-order valence-corrected chi connectivity index (χ4v) is 3.83. The van der Waals surface area contributed by atoms with E-state index in [0.717, 1.165) is 29.0 Å². The first-order chi connectivity index (χ1) is 12.1. The number of thioether (sulfide) groups is 1. The summed E-state index contributed by atoms with van der Waals surface area (Å²) in [5.41, 5.74) is 3.05. The minimum absolute atomic E-state index is 0.0376. The van der Waals surface area contributed by atoms with Crippen molar-refractivity contribution < 1.29 is 14.3 Å². The summed E-state index contributed by atoms with van der Waals surface area (Å²) in [5, 5.41) is 0.743. The first-order valence-electron chi connectivity index (χ1n) is 8.60. The molecule has 1 fully saturated rings. The molecule has 1 amide bonds. The second-order valence-electron chi connectivity index (χ2n) is 6.28. The number of carbonyl (C=O) groups excluding carboxylic acids is 2. The lowest BCUT2D eigenvalue weighted by Gasteiger charge is -2.31. The molecule has 1 N–H and O–H groups in total. The molecule has 2 aromatic rings. The number of imidazole rings is 1. The molecule has 1 aliphatic heterocycles. The second kappa shape index (κ2) is 7.91. The molecule has 1 atom stereocenters. The van der Waals surface area contributed by atoms with Gasteiger partial charge in [-0.05, 0) is 44.4 Å². The van der Waals surface area contributed by atoms with Crippen molar-refractivity contribution in [3.05, 3.63) is 23.8 Å². The summed E-state index contributed by atoms with van der Waals surface area (Å²) in [6.07, 6.45) is 1.63. The summed E-state index contributed by atoms with van der Waals surface area (Å²) in [7, 11) is 0. The van der Waals surface area contributed by atoms with Gasteiger partial charge < -0.3 is 14.6 Å². The number of aromatic nitrogens is 2. The molecule has 0 bridgehead atoms. The van der Waals surface area contributed by atoms with Gasteiger partial charge in [0.25, 0.3) is 0 Å². The largest absolute Gasteiger partial charge is 0.466 e. The van der Waals surface area contributed by atoms with Gasteiger partial charge in [-0.25, -0.2) is 4.98 Å². The third kappa shape index (κ3) is 4.34. The first-order valence-corrected chi connectivity index (χ1v) is 9.59. The Labute approximate surface area is 151 Å². The number of likely N-dealkylation sites (tertiary alicyclic amines) is 1. The number of carbonyl (C=O) groups is 2. The van der Waals surface area contributed by atoms with E-state index in [9.17, 15) is 9.59 Å². The van der Waals surface area contributed by atoms with Crippen LogP contribution in [0.4, 0.5) is 0 Å². The van der Waals surface area contributed by atoms with Gasteiger partial charge in [-0.3, -0.25) is 9.59 Å². The zero-order chi connectivity index (χ0) is 17.8. The molecule has 6 nitrogen and oxygen atoms in total. The molecule has 3 rings (SSSR count). The average Bonchev–Trinajstić information content (AvgIpc) is 3.02. The molecule has 25 heavy (non-hydrogen) atoms. The number of fused-ring (bicyclic) bond motifs is 1. The van der Waals surface area contributed by atoms with Crippen LogP contribution in [0.2, 0.25) is 0 Å². The lowest BCUT2D eigenvalue weighted by atomic mass is 9.98. The number of H-pyrrole nitrogens is 1. The van der Waals surface area contributed by atoms with Gasteiger partial charge in [0.15, 0.2) is 5.16 Å². The van der Waals surface area contributed by atoms with Crippen LogP contribution in [0.15, 0.2) is 23.4 Å². The topological polar surface area (TPSA) is 75.3 Å². The van der Waals surface area contributed by atoms with Crippen molar-refractivity contribution >= 4 is 34.7 Å². The molecule has 0 radical (unpaired) electrons. The maximum Gasteiger partial charge on any atom is 0.310 e. The number of amides is 1. The summed E-state index contributed by atoms with van der Waals surface area (Å²) < 4.78 is 5.08. The number of rotatable bonds is 5. The van der Waals surface area contributed by atoms with E-state index in [1.165, 1.54) is 17.3 Å². The summed E-state index contributed by atoms with van der Waals surface area (Å²) >= 11 is 1.40. The van der Waals surface area contributed by atoms with Crippen LogP contribution in [0.1, 0.15) is 25.3 Å². The van der Waals surface area contributed by atoms with Crippen molar-refractivity contribution in [1.82, 2.24) is 14.9 Å². The van der Waals surface area contributed by atoms with Crippen molar-refractivity contribution in [3.63, 3.8) is 0 Å². The fourth-order valence-electron chi connectivity index (χ4n) is 3.05. The number of esters is 1. The summed E-state index contributed by atoms with van der Waals surface area (Å²) in [4.78, 5) is 33.9. The second-order valence-corrected chi connectivity index (χ2v) is 7.25.